The van der Waals surface area contributed by atoms with Gasteiger partial charge in [0.15, 0.2) is 4.96 Å². The molecule has 0 spiro atoms. The lowest BCUT2D eigenvalue weighted by Gasteiger charge is -1.84. The zero-order valence-corrected chi connectivity index (χ0v) is 8.31. The lowest BCUT2D eigenvalue weighted by molar-refractivity contribution is 1.16. The number of aromatic nitrogens is 2. The molecule has 0 aromatic carbocycles. The van der Waals surface area contributed by atoms with Gasteiger partial charge in [0.05, 0.1) is 3.70 Å². The lowest BCUT2D eigenvalue weighted by Crippen LogP contribution is -1.79. The molecule has 0 aliphatic rings. The molecule has 0 unspecified atom stereocenters. The fourth-order valence-corrected chi connectivity index (χ4v) is 2.57. The molecule has 4 heteroatoms. The Kier molecular flexibility index (Phi) is 1.45. The van der Waals surface area contributed by atoms with Gasteiger partial charge >= 0.3 is 0 Å². The van der Waals surface area contributed by atoms with E-state index in [0.29, 0.717) is 0 Å². The Morgan fingerprint density at radius 2 is 2.50 bits per heavy atom. The second-order valence-corrected chi connectivity index (χ2v) is 4.23. The molecule has 2 nitrogen and oxygen atoms in total. The van der Waals surface area contributed by atoms with Gasteiger partial charge in [-0.1, -0.05) is 0 Å². The lowest BCUT2D eigenvalue weighted by atomic mass is 10.6. The largest absolute Gasteiger partial charge is 0.285 e. The number of imidazole rings is 1. The summed E-state index contributed by atoms with van der Waals surface area (Å²) in [5.74, 6) is 0. The van der Waals surface area contributed by atoms with Crippen LogP contribution in [0, 0.1) is 10.6 Å². The number of hydrogen-bond donors (Lipinski definition) is 0. The third kappa shape index (κ3) is 0.784. The van der Waals surface area contributed by atoms with Crippen LogP contribution in [-0.2, 0) is 0 Å². The van der Waals surface area contributed by atoms with Crippen molar-refractivity contribution < 1.29 is 0 Å². The summed E-state index contributed by atoms with van der Waals surface area (Å²) in [6.45, 7) is 2.11. The van der Waals surface area contributed by atoms with Gasteiger partial charge in [0, 0.05) is 17.3 Å². The van der Waals surface area contributed by atoms with Crippen LogP contribution < -0.4 is 0 Å². The van der Waals surface area contributed by atoms with Crippen molar-refractivity contribution in [3.05, 3.63) is 21.0 Å². The maximum Gasteiger partial charge on any atom is 0.194 e. The first kappa shape index (κ1) is 6.60. The average molecular weight is 264 g/mol. The number of nitrogens with zero attached hydrogens (tertiary/aromatic N) is 2. The summed E-state index contributed by atoms with van der Waals surface area (Å²) in [6.07, 6.45) is 3.81. The molecule has 0 saturated heterocycles. The van der Waals surface area contributed by atoms with Gasteiger partial charge in [-0.15, -0.1) is 11.3 Å². The van der Waals surface area contributed by atoms with Crippen LogP contribution in [0.1, 0.15) is 4.88 Å². The average Bonchev–Trinajstić information content (AvgIpc) is 2.41. The Balaban J connectivity index is 2.95. The fraction of sp³-hybridized carbons (Fsp3) is 0.167. The highest BCUT2D eigenvalue weighted by Gasteiger charge is 2.04. The van der Waals surface area contributed by atoms with Crippen molar-refractivity contribution >= 4 is 38.9 Å². The molecule has 0 fully saturated rings. The van der Waals surface area contributed by atoms with Crippen molar-refractivity contribution in [3.8, 4) is 0 Å². The van der Waals surface area contributed by atoms with Crippen LogP contribution in [0.4, 0.5) is 0 Å². The van der Waals surface area contributed by atoms with E-state index in [-0.39, 0.29) is 0 Å². The van der Waals surface area contributed by atoms with Gasteiger partial charge < -0.3 is 0 Å². The molecule has 0 N–H and O–H groups in total. The summed E-state index contributed by atoms with van der Waals surface area (Å²) in [4.78, 5) is 6.60. The number of aryl methyl sites for hydroxylation is 1. The third-order valence-corrected chi connectivity index (χ3v) is 4.03. The van der Waals surface area contributed by atoms with Gasteiger partial charge in [0.2, 0.25) is 0 Å². The minimum absolute atomic E-state index is 1.09. The minimum Gasteiger partial charge on any atom is -0.285 e. The monoisotopic (exact) mass is 264 g/mol. The first-order valence-corrected chi connectivity index (χ1v) is 4.76. The van der Waals surface area contributed by atoms with E-state index in [2.05, 4.69) is 38.9 Å². The van der Waals surface area contributed by atoms with Crippen LogP contribution in [-0.4, -0.2) is 9.38 Å². The van der Waals surface area contributed by atoms with E-state index in [1.807, 2.05) is 12.4 Å². The van der Waals surface area contributed by atoms with Crippen molar-refractivity contribution in [3.63, 3.8) is 0 Å². The quantitative estimate of drug-likeness (QED) is 0.667. The maximum absolute atomic E-state index is 4.18. The summed E-state index contributed by atoms with van der Waals surface area (Å²) in [6, 6.07) is 0. The molecule has 2 aromatic heterocycles. The van der Waals surface area contributed by atoms with Crippen LogP contribution in [0.3, 0.4) is 0 Å². The summed E-state index contributed by atoms with van der Waals surface area (Å²) in [5.41, 5.74) is 0. The molecule has 0 amide bonds. The molecule has 0 aliphatic heterocycles. The highest BCUT2D eigenvalue weighted by molar-refractivity contribution is 14.1. The van der Waals surface area contributed by atoms with Crippen molar-refractivity contribution in [2.24, 2.45) is 0 Å². The zero-order valence-electron chi connectivity index (χ0n) is 5.34. The number of halogens is 1. The topological polar surface area (TPSA) is 17.3 Å². The number of hydrogen-bond acceptors (Lipinski definition) is 2. The standard InChI is InChI=1S/C6H5IN2S/c1-4-5(7)9-3-2-8-6(9)10-4/h2-3H,1H3. The third-order valence-electron chi connectivity index (χ3n) is 1.35. The van der Waals surface area contributed by atoms with Crippen LogP contribution in [0.2, 0.25) is 0 Å². The normalized spacial score (nSPS) is 11.0. The van der Waals surface area contributed by atoms with Gasteiger partial charge in [-0.25, -0.2) is 4.98 Å². The van der Waals surface area contributed by atoms with Crippen LogP contribution in [0.15, 0.2) is 12.4 Å². The molecule has 52 valence electrons. The summed E-state index contributed by atoms with van der Waals surface area (Å²) < 4.78 is 3.37. The fourth-order valence-electron chi connectivity index (χ4n) is 0.863. The van der Waals surface area contributed by atoms with E-state index in [0.717, 1.165) is 4.96 Å². The number of fused-ring (bicyclic) bond motifs is 1. The summed E-state index contributed by atoms with van der Waals surface area (Å²) in [5, 5.41) is 0. The SMILES string of the molecule is Cc1sc2nccn2c1I. The predicted molar refractivity (Wildman–Crippen MR) is 50.5 cm³/mol. The van der Waals surface area contributed by atoms with Gasteiger partial charge in [-0.3, -0.25) is 4.40 Å². The predicted octanol–water partition coefficient (Wildman–Crippen LogP) is 2.31. The Hall–Kier alpha value is -0.100. The van der Waals surface area contributed by atoms with Crippen molar-refractivity contribution in [1.29, 1.82) is 0 Å². The van der Waals surface area contributed by atoms with Gasteiger partial charge in [0.25, 0.3) is 0 Å². The Bertz CT molecular complexity index is 363. The van der Waals surface area contributed by atoms with Crippen molar-refractivity contribution in [1.82, 2.24) is 9.38 Å². The summed E-state index contributed by atoms with van der Waals surface area (Å²) >= 11 is 4.06. The van der Waals surface area contributed by atoms with Crippen molar-refractivity contribution in [2.75, 3.05) is 0 Å². The molecule has 10 heavy (non-hydrogen) atoms. The van der Waals surface area contributed by atoms with E-state index < -0.39 is 0 Å². The van der Waals surface area contributed by atoms with E-state index in [1.54, 1.807) is 11.3 Å². The Morgan fingerprint density at radius 3 is 3.20 bits per heavy atom. The molecule has 0 aliphatic carbocycles. The second kappa shape index (κ2) is 2.20. The Labute approximate surface area is 76.0 Å². The second-order valence-electron chi connectivity index (χ2n) is 2.03. The van der Waals surface area contributed by atoms with Gasteiger partial charge in [-0.05, 0) is 29.5 Å². The molecule has 0 atom stereocenters. The maximum atomic E-state index is 4.18. The van der Waals surface area contributed by atoms with Crippen molar-refractivity contribution in [2.45, 2.75) is 6.92 Å². The van der Waals surface area contributed by atoms with E-state index in [9.17, 15) is 0 Å². The highest BCUT2D eigenvalue weighted by Crippen LogP contribution is 2.21. The molecule has 2 rings (SSSR count). The minimum atomic E-state index is 1.09. The van der Waals surface area contributed by atoms with Crippen LogP contribution >= 0.6 is 33.9 Å². The summed E-state index contributed by atoms with van der Waals surface area (Å²) in [7, 11) is 0. The van der Waals surface area contributed by atoms with Crippen LogP contribution in [0.25, 0.3) is 4.96 Å². The first-order valence-electron chi connectivity index (χ1n) is 2.87. The van der Waals surface area contributed by atoms with E-state index >= 15 is 0 Å². The van der Waals surface area contributed by atoms with Crippen LogP contribution in [0.5, 0.6) is 0 Å². The smallest absolute Gasteiger partial charge is 0.194 e. The van der Waals surface area contributed by atoms with E-state index in [1.165, 1.54) is 8.58 Å². The molecule has 0 saturated carbocycles. The first-order chi connectivity index (χ1) is 4.79. The van der Waals surface area contributed by atoms with Gasteiger partial charge in [-0.2, -0.15) is 0 Å². The molecular weight excluding hydrogens is 259 g/mol. The highest BCUT2D eigenvalue weighted by atomic mass is 127. The number of thiazole rings is 1. The zero-order chi connectivity index (χ0) is 7.14. The molecule has 2 heterocycles. The molecule has 2 aromatic rings. The molecule has 0 bridgehead atoms. The van der Waals surface area contributed by atoms with Gasteiger partial charge in [0.1, 0.15) is 0 Å². The Morgan fingerprint density at radius 1 is 1.70 bits per heavy atom. The number of rotatable bonds is 0. The van der Waals surface area contributed by atoms with E-state index in [4.69, 9.17) is 0 Å². The molecular formula is C6H5IN2S. The molecule has 0 radical (unpaired) electrons.